The van der Waals surface area contributed by atoms with Crippen LogP contribution in [0.4, 0.5) is 0 Å². The molecule has 0 aliphatic rings. The summed E-state index contributed by atoms with van der Waals surface area (Å²) in [5.41, 5.74) is 1.60. The first-order valence-electron chi connectivity index (χ1n) is 9.28. The van der Waals surface area contributed by atoms with Gasteiger partial charge < -0.3 is 0 Å². The molecule has 0 heterocycles. The fourth-order valence-electron chi connectivity index (χ4n) is 3.68. The Morgan fingerprint density at radius 2 is 1.36 bits per heavy atom. The quantitative estimate of drug-likeness (QED) is 0.277. The van der Waals surface area contributed by atoms with Crippen LogP contribution in [0.3, 0.4) is 0 Å². The van der Waals surface area contributed by atoms with Crippen LogP contribution in [0.25, 0.3) is 0 Å². The number of thioether (sulfide) groups is 1. The van der Waals surface area contributed by atoms with Crippen LogP contribution in [0.5, 0.6) is 0 Å². The zero-order valence-electron chi connectivity index (χ0n) is 15.5. The van der Waals surface area contributed by atoms with E-state index in [0.29, 0.717) is 0 Å². The Kier molecular flexibility index (Phi) is 10.2. The van der Waals surface area contributed by atoms with Crippen LogP contribution in [-0.2, 0) is 0 Å². The molecule has 0 fully saturated rings. The SMILES string of the molecule is CCC[CH2][Sn]([CH2]CCC)([CH2]CCC)[c]1ccc(SC)cc1C. The van der Waals surface area contributed by atoms with E-state index in [-0.39, 0.29) is 0 Å². The van der Waals surface area contributed by atoms with E-state index in [1.807, 2.05) is 15.3 Å². The van der Waals surface area contributed by atoms with E-state index in [0.717, 1.165) is 0 Å². The maximum atomic E-state index is 2.54. The molecule has 1 rings (SSSR count). The topological polar surface area (TPSA) is 0 Å². The molecule has 0 aliphatic carbocycles. The molecule has 0 radical (unpaired) electrons. The molecule has 22 heavy (non-hydrogen) atoms. The first-order valence-corrected chi connectivity index (χ1v) is 18.0. The Balaban J connectivity index is 3.18. The molecule has 0 aromatic heterocycles. The van der Waals surface area contributed by atoms with Gasteiger partial charge in [0.25, 0.3) is 0 Å². The van der Waals surface area contributed by atoms with E-state index in [1.165, 1.54) is 43.4 Å². The Morgan fingerprint density at radius 3 is 1.73 bits per heavy atom. The third kappa shape index (κ3) is 5.78. The van der Waals surface area contributed by atoms with Crippen molar-refractivity contribution in [2.24, 2.45) is 0 Å². The summed E-state index contributed by atoms with van der Waals surface area (Å²) < 4.78 is 6.57. The van der Waals surface area contributed by atoms with E-state index in [2.05, 4.69) is 52.1 Å². The molecule has 0 N–H and O–H groups in total. The molecule has 0 unspecified atom stereocenters. The summed E-state index contributed by atoms with van der Waals surface area (Å²) in [5, 5.41) is 0. The van der Waals surface area contributed by atoms with E-state index in [9.17, 15) is 0 Å². The van der Waals surface area contributed by atoms with E-state index in [1.54, 1.807) is 18.9 Å². The third-order valence-electron chi connectivity index (χ3n) is 5.03. The molecule has 0 atom stereocenters. The van der Waals surface area contributed by atoms with Gasteiger partial charge in [-0.25, -0.2) is 0 Å². The number of rotatable bonds is 11. The Hall–Kier alpha value is 0.369. The summed E-state index contributed by atoms with van der Waals surface area (Å²) >= 11 is -0.338. The van der Waals surface area contributed by atoms with Gasteiger partial charge >= 0.3 is 148 Å². The van der Waals surface area contributed by atoms with Crippen LogP contribution >= 0.6 is 11.8 Å². The Labute approximate surface area is 147 Å². The summed E-state index contributed by atoms with van der Waals surface area (Å²) in [5.74, 6) is 0. The predicted molar refractivity (Wildman–Crippen MR) is 107 cm³/mol. The van der Waals surface area contributed by atoms with Gasteiger partial charge in [0.2, 0.25) is 0 Å². The van der Waals surface area contributed by atoms with Gasteiger partial charge in [-0.3, -0.25) is 0 Å². The fraction of sp³-hybridized carbons (Fsp3) is 0.700. The van der Waals surface area contributed by atoms with Crippen molar-refractivity contribution in [3.63, 3.8) is 0 Å². The average Bonchev–Trinajstić information content (AvgIpc) is 2.54. The number of unbranched alkanes of at least 4 members (excludes halogenated alkanes) is 3. The molecular weight excluding hydrogens is 391 g/mol. The van der Waals surface area contributed by atoms with Crippen LogP contribution in [-0.4, -0.2) is 24.6 Å². The molecular formula is C20H36SSn. The summed E-state index contributed by atoms with van der Waals surface area (Å²) in [4.78, 5) is 1.43. The van der Waals surface area contributed by atoms with Crippen LogP contribution in [0.2, 0.25) is 13.3 Å². The number of hydrogen-bond donors (Lipinski definition) is 0. The van der Waals surface area contributed by atoms with Crippen LogP contribution in [0, 0.1) is 6.92 Å². The molecule has 126 valence electrons. The summed E-state index contributed by atoms with van der Waals surface area (Å²) in [6.45, 7) is 9.46. The first-order chi connectivity index (χ1) is 10.6. The molecule has 2 heteroatoms. The van der Waals surface area contributed by atoms with E-state index in [4.69, 9.17) is 0 Å². The van der Waals surface area contributed by atoms with Crippen molar-refractivity contribution < 1.29 is 0 Å². The second-order valence-electron chi connectivity index (χ2n) is 6.77. The molecule has 1 aromatic carbocycles. The molecule has 0 bridgehead atoms. The molecule has 0 spiro atoms. The fourth-order valence-corrected chi connectivity index (χ4v) is 21.3. The monoisotopic (exact) mass is 428 g/mol. The van der Waals surface area contributed by atoms with Crippen molar-refractivity contribution in [2.75, 3.05) is 6.26 Å². The van der Waals surface area contributed by atoms with Crippen molar-refractivity contribution in [1.82, 2.24) is 0 Å². The minimum atomic E-state index is -2.22. The zero-order chi connectivity index (χ0) is 16.4. The standard InChI is InChI=1S/C8H9S.3C4H9.Sn/c1-7-4-3-5-8(6-7)9-2;3*1-3-4-2;/h3,5-6H,1-2H3;3*1,3-4H2,2H3;. The zero-order valence-corrected chi connectivity index (χ0v) is 19.2. The summed E-state index contributed by atoms with van der Waals surface area (Å²) in [6.07, 6.45) is 10.6. The average molecular weight is 427 g/mol. The number of benzene rings is 1. The number of aryl methyl sites for hydroxylation is 1. The van der Waals surface area contributed by atoms with Crippen molar-refractivity contribution in [3.8, 4) is 0 Å². The molecule has 1 aromatic rings. The van der Waals surface area contributed by atoms with Crippen molar-refractivity contribution in [1.29, 1.82) is 0 Å². The van der Waals surface area contributed by atoms with E-state index < -0.39 is 18.4 Å². The van der Waals surface area contributed by atoms with Gasteiger partial charge in [0.1, 0.15) is 0 Å². The van der Waals surface area contributed by atoms with Crippen molar-refractivity contribution in [2.45, 2.75) is 84.4 Å². The molecule has 0 nitrogen and oxygen atoms in total. The minimum absolute atomic E-state index is 1.36. The van der Waals surface area contributed by atoms with Crippen LogP contribution in [0.1, 0.15) is 64.9 Å². The molecule has 0 aliphatic heterocycles. The van der Waals surface area contributed by atoms with Gasteiger partial charge in [-0.05, 0) is 0 Å². The first kappa shape index (κ1) is 20.4. The van der Waals surface area contributed by atoms with Gasteiger partial charge in [-0.2, -0.15) is 0 Å². The van der Waals surface area contributed by atoms with Crippen molar-refractivity contribution >= 4 is 33.7 Å². The number of hydrogen-bond acceptors (Lipinski definition) is 1. The van der Waals surface area contributed by atoms with E-state index >= 15 is 0 Å². The second-order valence-corrected chi connectivity index (χ2v) is 20.8. The Bertz CT molecular complexity index is 406. The van der Waals surface area contributed by atoms with Gasteiger partial charge in [0, 0.05) is 0 Å². The normalized spacial score (nSPS) is 11.9. The maximum absolute atomic E-state index is 2.54. The van der Waals surface area contributed by atoms with Gasteiger partial charge in [0.05, 0.1) is 0 Å². The van der Waals surface area contributed by atoms with Gasteiger partial charge in [-0.1, -0.05) is 0 Å². The Morgan fingerprint density at radius 1 is 0.864 bits per heavy atom. The van der Waals surface area contributed by atoms with Crippen LogP contribution in [0.15, 0.2) is 23.1 Å². The molecule has 0 amide bonds. The molecule has 0 saturated heterocycles. The van der Waals surface area contributed by atoms with Crippen molar-refractivity contribution in [3.05, 3.63) is 23.8 Å². The van der Waals surface area contributed by atoms with Crippen LogP contribution < -0.4 is 3.58 Å². The van der Waals surface area contributed by atoms with Gasteiger partial charge in [-0.15, -0.1) is 0 Å². The third-order valence-corrected chi connectivity index (χ3v) is 21.8. The predicted octanol–water partition coefficient (Wildman–Crippen LogP) is 6.77. The van der Waals surface area contributed by atoms with Gasteiger partial charge in [0.15, 0.2) is 0 Å². The summed E-state index contributed by atoms with van der Waals surface area (Å²) in [7, 11) is 0. The summed E-state index contributed by atoms with van der Waals surface area (Å²) in [6, 6.07) is 7.39. The second kappa shape index (κ2) is 11.0. The molecule has 0 saturated carbocycles.